The average molecular weight is 940 g/mol. The topological polar surface area (TPSA) is 119 Å². The number of para-hydroxylation sites is 2. The summed E-state index contributed by atoms with van der Waals surface area (Å²) in [5.41, 5.74) is 11.9. The van der Waals surface area contributed by atoms with Crippen LogP contribution < -0.4 is 9.80 Å². The van der Waals surface area contributed by atoms with Gasteiger partial charge in [0.2, 0.25) is 5.69 Å². The quantitative estimate of drug-likeness (QED) is 0.0633. The Balaban J connectivity index is 1.22. The first-order valence-corrected chi connectivity index (χ1v) is 24.9. The zero-order valence-corrected chi connectivity index (χ0v) is 41.0. The van der Waals surface area contributed by atoms with Crippen LogP contribution in [0.4, 0.5) is 22.7 Å². The molecule has 0 saturated heterocycles. The van der Waals surface area contributed by atoms with E-state index in [-0.39, 0.29) is 30.0 Å². The standard InChI is InChI=1S/C58H57N3O7S/c1-38-18-26-48-43(36-38)21-28-50-54(48)57(4,5)52(59(50)32-34-67-39(2)62)30-23-41-19-20-42(56(41)61(45-14-10-8-11-15-45)46-16-12-9-13-17-46)24-31-53-58(6,7)55-49-27-25-47(69(64,65)66)37-44(49)22-29-51(55)60(53)33-35-68-40(3)63/h8-18,21-31,36-37H,19-20,32-35H2,1-7H3. The lowest BCUT2D eigenvalue weighted by molar-refractivity contribution is -0.440. The number of aryl methyl sites for hydroxylation is 1. The van der Waals surface area contributed by atoms with E-state index in [2.05, 4.69) is 152 Å². The normalized spacial score (nSPS) is 17.4. The molecule has 9 rings (SSSR count). The van der Waals surface area contributed by atoms with Gasteiger partial charge in [-0.05, 0) is 126 Å². The van der Waals surface area contributed by atoms with Crippen LogP contribution in [0.15, 0.2) is 173 Å². The zero-order chi connectivity index (χ0) is 48.8. The van der Waals surface area contributed by atoms with Crippen molar-refractivity contribution in [3.05, 3.63) is 185 Å². The number of nitrogens with zero attached hydrogens (tertiary/aromatic N) is 3. The molecule has 0 fully saturated rings. The van der Waals surface area contributed by atoms with Crippen LogP contribution in [-0.2, 0) is 40.0 Å². The van der Waals surface area contributed by atoms with Gasteiger partial charge in [-0.15, -0.1) is 0 Å². The van der Waals surface area contributed by atoms with Gasteiger partial charge in [-0.3, -0.25) is 9.59 Å². The molecule has 11 heteroatoms. The van der Waals surface area contributed by atoms with Crippen LogP contribution in [-0.4, -0.2) is 61.5 Å². The average Bonchev–Trinajstić information content (AvgIpc) is 3.88. The third-order valence-electron chi connectivity index (χ3n) is 13.8. The monoisotopic (exact) mass is 939 g/mol. The van der Waals surface area contributed by atoms with E-state index in [1.165, 1.54) is 47.9 Å². The molecule has 6 aromatic rings. The number of carbonyl (C=O) groups is 2. The molecule has 0 spiro atoms. The SMILES string of the molecule is CC(=O)OCCN1/C(=C/C=C2\CCC(/C=C/C3=[N+](CCOC(C)=O)c4ccc5cc(C)ccc5c4C3(C)C)=C2N(c2ccccc2)c2ccccc2)C(C)(C)c2c1ccc1cc(S(=O)(=O)[O-])ccc21. The lowest BCUT2D eigenvalue weighted by Gasteiger charge is -2.29. The van der Waals surface area contributed by atoms with E-state index in [0.717, 1.165) is 74.8 Å². The Labute approximate surface area is 404 Å². The summed E-state index contributed by atoms with van der Waals surface area (Å²) >= 11 is 0. The highest BCUT2D eigenvalue weighted by Gasteiger charge is 2.46. The fraction of sp³-hybridized carbons (Fsp3) is 0.259. The number of rotatable bonds is 13. The number of esters is 2. The van der Waals surface area contributed by atoms with Gasteiger partial charge < -0.3 is 23.8 Å². The first-order chi connectivity index (χ1) is 32.9. The summed E-state index contributed by atoms with van der Waals surface area (Å²) < 4.78 is 49.6. The van der Waals surface area contributed by atoms with Crippen LogP contribution in [0.3, 0.4) is 0 Å². The summed E-state index contributed by atoms with van der Waals surface area (Å²) in [6.45, 7) is 15.1. The van der Waals surface area contributed by atoms with Crippen molar-refractivity contribution in [2.24, 2.45) is 0 Å². The summed E-state index contributed by atoms with van der Waals surface area (Å²) in [5.74, 6) is -0.678. The largest absolute Gasteiger partial charge is 0.744 e. The van der Waals surface area contributed by atoms with Gasteiger partial charge in [-0.25, -0.2) is 8.42 Å². The first kappa shape index (κ1) is 47.0. The number of anilines is 3. The lowest BCUT2D eigenvalue weighted by Crippen LogP contribution is -2.29. The molecule has 352 valence electrons. The highest BCUT2D eigenvalue weighted by Crippen LogP contribution is 2.52. The highest BCUT2D eigenvalue weighted by molar-refractivity contribution is 7.85. The highest BCUT2D eigenvalue weighted by atomic mass is 32.2. The van der Waals surface area contributed by atoms with E-state index >= 15 is 0 Å². The van der Waals surface area contributed by atoms with E-state index < -0.39 is 20.9 Å². The third kappa shape index (κ3) is 8.93. The van der Waals surface area contributed by atoms with Crippen molar-refractivity contribution < 1.29 is 36.6 Å². The maximum absolute atomic E-state index is 12.1. The molecule has 10 nitrogen and oxygen atoms in total. The van der Waals surface area contributed by atoms with Gasteiger partial charge in [0, 0.05) is 59.7 Å². The van der Waals surface area contributed by atoms with Gasteiger partial charge in [0.25, 0.3) is 0 Å². The summed E-state index contributed by atoms with van der Waals surface area (Å²) in [7, 11) is -4.66. The molecule has 1 aliphatic carbocycles. The summed E-state index contributed by atoms with van der Waals surface area (Å²) in [4.78, 5) is 28.3. The smallest absolute Gasteiger partial charge is 0.302 e. The van der Waals surface area contributed by atoms with Crippen molar-refractivity contribution in [2.45, 2.75) is 77.0 Å². The lowest BCUT2D eigenvalue weighted by atomic mass is 9.78. The fourth-order valence-electron chi connectivity index (χ4n) is 10.7. The Hall–Kier alpha value is -7.08. The molecule has 69 heavy (non-hydrogen) atoms. The number of benzene rings is 6. The molecule has 0 radical (unpaired) electrons. The minimum absolute atomic E-state index is 0.159. The van der Waals surface area contributed by atoms with Crippen LogP contribution >= 0.6 is 0 Å². The van der Waals surface area contributed by atoms with E-state index in [1.54, 1.807) is 6.07 Å². The number of hydrogen-bond acceptors (Lipinski definition) is 9. The molecule has 0 unspecified atom stereocenters. The number of carbonyl (C=O) groups excluding carboxylic acids is 2. The predicted molar refractivity (Wildman–Crippen MR) is 274 cm³/mol. The molecule has 2 heterocycles. The molecule has 6 aromatic carbocycles. The van der Waals surface area contributed by atoms with Crippen LogP contribution in [0.25, 0.3) is 21.5 Å². The van der Waals surface area contributed by atoms with E-state index in [0.29, 0.717) is 18.5 Å². The van der Waals surface area contributed by atoms with Crippen molar-refractivity contribution in [1.82, 2.24) is 0 Å². The van der Waals surface area contributed by atoms with Crippen LogP contribution in [0.5, 0.6) is 0 Å². The number of allylic oxidation sites excluding steroid dienone is 7. The number of ether oxygens (including phenoxy) is 2. The minimum atomic E-state index is -4.66. The Bertz CT molecular complexity index is 3290. The van der Waals surface area contributed by atoms with Gasteiger partial charge in [0.05, 0.1) is 22.6 Å². The van der Waals surface area contributed by atoms with Gasteiger partial charge in [0.1, 0.15) is 16.7 Å². The van der Waals surface area contributed by atoms with Crippen molar-refractivity contribution in [3.8, 4) is 0 Å². The van der Waals surface area contributed by atoms with E-state index in [1.807, 2.05) is 24.3 Å². The Morgan fingerprint density at radius 3 is 2.01 bits per heavy atom. The van der Waals surface area contributed by atoms with E-state index in [4.69, 9.17) is 9.47 Å². The van der Waals surface area contributed by atoms with Gasteiger partial charge in [-0.2, -0.15) is 4.58 Å². The van der Waals surface area contributed by atoms with Crippen molar-refractivity contribution in [2.75, 3.05) is 36.1 Å². The number of hydrogen-bond donors (Lipinski definition) is 0. The molecule has 0 saturated carbocycles. The van der Waals surface area contributed by atoms with E-state index in [9.17, 15) is 22.6 Å². The zero-order valence-electron chi connectivity index (χ0n) is 40.2. The second kappa shape index (κ2) is 18.4. The summed E-state index contributed by atoms with van der Waals surface area (Å²) in [6, 6.07) is 40.2. The molecule has 0 bridgehead atoms. The summed E-state index contributed by atoms with van der Waals surface area (Å²) in [5, 5.41) is 3.88. The Morgan fingerprint density at radius 2 is 1.35 bits per heavy atom. The molecule has 3 aliphatic rings. The second-order valence-electron chi connectivity index (χ2n) is 19.1. The van der Waals surface area contributed by atoms with Crippen molar-refractivity contribution in [3.63, 3.8) is 0 Å². The molecule has 0 aromatic heterocycles. The van der Waals surface area contributed by atoms with Crippen LogP contribution in [0.1, 0.15) is 71.1 Å². The predicted octanol–water partition coefficient (Wildman–Crippen LogP) is 11.8. The van der Waals surface area contributed by atoms with Gasteiger partial charge in [-0.1, -0.05) is 98.3 Å². The molecule has 0 atom stereocenters. The Morgan fingerprint density at radius 1 is 0.725 bits per heavy atom. The fourth-order valence-corrected chi connectivity index (χ4v) is 11.2. The van der Waals surface area contributed by atoms with Crippen LogP contribution in [0.2, 0.25) is 0 Å². The molecule has 0 N–H and O–H groups in total. The van der Waals surface area contributed by atoms with Crippen molar-refractivity contribution in [1.29, 1.82) is 0 Å². The maximum Gasteiger partial charge on any atom is 0.302 e. The van der Waals surface area contributed by atoms with Gasteiger partial charge in [0.15, 0.2) is 18.9 Å². The maximum atomic E-state index is 12.1. The Kier molecular flexibility index (Phi) is 12.6. The molecule has 2 aliphatic heterocycles. The second-order valence-corrected chi connectivity index (χ2v) is 20.4. The third-order valence-corrected chi connectivity index (χ3v) is 14.6. The minimum Gasteiger partial charge on any atom is -0.744 e. The molecular formula is C58H57N3O7S. The first-order valence-electron chi connectivity index (χ1n) is 23.4. The van der Waals surface area contributed by atoms with Crippen molar-refractivity contribution >= 4 is 72.1 Å². The summed E-state index contributed by atoms with van der Waals surface area (Å²) in [6.07, 6.45) is 10.5. The number of fused-ring (bicyclic) bond motifs is 6. The van der Waals surface area contributed by atoms with Crippen LogP contribution in [0, 0.1) is 6.92 Å². The molecular weight excluding hydrogens is 883 g/mol. The van der Waals surface area contributed by atoms with Gasteiger partial charge >= 0.3 is 11.9 Å². The molecule has 0 amide bonds.